The largest absolute Gasteiger partial charge is 0.465 e. The summed E-state index contributed by atoms with van der Waals surface area (Å²) in [6.45, 7) is 2.97. The third kappa shape index (κ3) is 6.77. The summed E-state index contributed by atoms with van der Waals surface area (Å²) in [5.74, 6) is -0.338. The Labute approximate surface area is 207 Å². The molecular weight excluding hydrogens is 477 g/mol. The van der Waals surface area contributed by atoms with Crippen LogP contribution in [0.5, 0.6) is 0 Å². The van der Waals surface area contributed by atoms with Crippen molar-refractivity contribution in [3.05, 3.63) is 34.9 Å². The molecule has 1 amide bonds. The predicted octanol–water partition coefficient (Wildman–Crippen LogP) is 4.18. The number of carbonyl (C=O) groups is 1. The molecule has 5 N–H and O–H groups in total. The first kappa shape index (κ1) is 25.1. The summed E-state index contributed by atoms with van der Waals surface area (Å²) in [4.78, 5) is 20.1. The fourth-order valence-electron chi connectivity index (χ4n) is 4.35. The molecule has 0 unspecified atom stereocenters. The van der Waals surface area contributed by atoms with Crippen molar-refractivity contribution >= 4 is 35.0 Å². The molecular formula is C23H29ClFN7O3. The Bertz CT molecular complexity index is 1060. The average Bonchev–Trinajstić information content (AvgIpc) is 2.83. The highest BCUT2D eigenvalue weighted by Gasteiger charge is 2.23. The van der Waals surface area contributed by atoms with Crippen molar-refractivity contribution in [1.29, 1.82) is 5.41 Å². The molecule has 1 saturated heterocycles. The first-order valence-electron chi connectivity index (χ1n) is 11.7. The van der Waals surface area contributed by atoms with Crippen molar-refractivity contribution in [2.24, 2.45) is 5.92 Å². The zero-order valence-corrected chi connectivity index (χ0v) is 20.0. The van der Waals surface area contributed by atoms with Crippen LogP contribution < -0.4 is 16.1 Å². The van der Waals surface area contributed by atoms with Crippen LogP contribution in [0.3, 0.4) is 0 Å². The molecule has 2 fully saturated rings. The van der Waals surface area contributed by atoms with Crippen molar-refractivity contribution in [3.63, 3.8) is 0 Å². The topological polar surface area (TPSA) is 135 Å². The third-order valence-corrected chi connectivity index (χ3v) is 6.29. The second kappa shape index (κ2) is 11.6. The number of carboxylic acid groups (broad SMARTS) is 1. The molecule has 10 nitrogen and oxygen atoms in total. The minimum atomic E-state index is -1.41. The highest BCUT2D eigenvalue weighted by atomic mass is 35.5. The van der Waals surface area contributed by atoms with E-state index >= 15 is 0 Å². The fourth-order valence-corrected chi connectivity index (χ4v) is 4.57. The molecule has 1 aromatic carbocycles. The van der Waals surface area contributed by atoms with Gasteiger partial charge in [-0.1, -0.05) is 30.9 Å². The molecule has 2 aromatic rings. The summed E-state index contributed by atoms with van der Waals surface area (Å²) in [6.07, 6.45) is 4.44. The maximum Gasteiger partial charge on any atom is 0.410 e. The number of amidine groups is 1. The van der Waals surface area contributed by atoms with Crippen molar-refractivity contribution in [2.75, 3.05) is 43.6 Å². The van der Waals surface area contributed by atoms with Gasteiger partial charge in [0.2, 0.25) is 0 Å². The van der Waals surface area contributed by atoms with E-state index in [2.05, 4.69) is 20.7 Å². The normalized spacial score (nSPS) is 17.1. The lowest BCUT2D eigenvalue weighted by Gasteiger charge is -2.30. The summed E-state index contributed by atoms with van der Waals surface area (Å²) < 4.78 is 19.7. The molecule has 2 heterocycles. The minimum Gasteiger partial charge on any atom is -0.465 e. The lowest BCUT2D eigenvalue weighted by molar-refractivity contribution is 0.0495. The Morgan fingerprint density at radius 3 is 2.63 bits per heavy atom. The smallest absolute Gasteiger partial charge is 0.410 e. The Morgan fingerprint density at radius 1 is 1.20 bits per heavy atom. The molecule has 1 aromatic heterocycles. The predicted molar refractivity (Wildman–Crippen MR) is 132 cm³/mol. The number of ether oxygens (including phenoxy) is 1. The van der Waals surface area contributed by atoms with Gasteiger partial charge < -0.3 is 20.6 Å². The summed E-state index contributed by atoms with van der Waals surface area (Å²) in [6, 6.07) is 4.08. The second-order valence-electron chi connectivity index (χ2n) is 8.68. The van der Waals surface area contributed by atoms with E-state index < -0.39 is 17.7 Å². The van der Waals surface area contributed by atoms with Gasteiger partial charge in [-0.3, -0.25) is 10.7 Å². The quantitative estimate of drug-likeness (QED) is 0.279. The number of halogens is 2. The Hall–Kier alpha value is -3.02. The minimum absolute atomic E-state index is 0.151. The van der Waals surface area contributed by atoms with Gasteiger partial charge in [-0.2, -0.15) is 0 Å². The SMILES string of the molecule is N=C(NC(=O)O)c1nc(NN2CCOCC2)c(NCC2CCCCC2)c(-c2cc(F)cc(Cl)c2)n1. The number of nitrogens with one attached hydrogen (secondary N) is 4. The molecule has 0 bridgehead atoms. The highest BCUT2D eigenvalue weighted by molar-refractivity contribution is 6.30. The average molecular weight is 506 g/mol. The number of amides is 1. The van der Waals surface area contributed by atoms with E-state index in [4.69, 9.17) is 26.9 Å². The molecule has 0 spiro atoms. The van der Waals surface area contributed by atoms with Crippen molar-refractivity contribution in [1.82, 2.24) is 20.3 Å². The van der Waals surface area contributed by atoms with Crippen molar-refractivity contribution in [3.8, 4) is 11.3 Å². The molecule has 0 atom stereocenters. The van der Waals surface area contributed by atoms with Gasteiger partial charge in [-0.25, -0.2) is 24.2 Å². The number of aromatic nitrogens is 2. The van der Waals surface area contributed by atoms with Crippen molar-refractivity contribution < 1.29 is 19.0 Å². The molecule has 35 heavy (non-hydrogen) atoms. The number of benzene rings is 1. The van der Waals surface area contributed by atoms with Gasteiger partial charge in [-0.15, -0.1) is 0 Å². The number of morpholine rings is 1. The molecule has 1 aliphatic carbocycles. The number of anilines is 2. The van der Waals surface area contributed by atoms with Crippen LogP contribution in [-0.4, -0.2) is 64.9 Å². The molecule has 4 rings (SSSR count). The summed E-state index contributed by atoms with van der Waals surface area (Å²) in [5, 5.41) is 24.8. The van der Waals surface area contributed by atoms with Gasteiger partial charge in [0.15, 0.2) is 17.5 Å². The van der Waals surface area contributed by atoms with Gasteiger partial charge in [0.25, 0.3) is 0 Å². The maximum absolute atomic E-state index is 14.3. The zero-order valence-electron chi connectivity index (χ0n) is 19.2. The van der Waals surface area contributed by atoms with Gasteiger partial charge in [0.1, 0.15) is 17.2 Å². The standard InChI is InChI=1S/C23H29ClFN7O3/c24-16-10-15(11-17(25)12-16)18-19(27-13-14-4-2-1-3-5-14)21(31-32-6-8-35-9-7-32)30-22(28-18)20(26)29-23(33)34/h10-12,14,27H,1-9,13H2,(H2,26,29)(H,33,34)(H,28,30,31). The lowest BCUT2D eigenvalue weighted by atomic mass is 9.89. The first-order valence-corrected chi connectivity index (χ1v) is 12.1. The first-order chi connectivity index (χ1) is 16.9. The number of rotatable bonds is 7. The van der Waals surface area contributed by atoms with Crippen LogP contribution in [0.1, 0.15) is 37.9 Å². The van der Waals surface area contributed by atoms with E-state index in [1.54, 1.807) is 6.07 Å². The second-order valence-corrected chi connectivity index (χ2v) is 9.12. The number of hydrogen-bond acceptors (Lipinski definition) is 8. The van der Waals surface area contributed by atoms with Gasteiger partial charge >= 0.3 is 6.09 Å². The van der Waals surface area contributed by atoms with Crippen LogP contribution in [0, 0.1) is 17.1 Å². The van der Waals surface area contributed by atoms with Crippen LogP contribution in [-0.2, 0) is 4.74 Å². The van der Waals surface area contributed by atoms with Crippen LogP contribution in [0.2, 0.25) is 5.02 Å². The van der Waals surface area contributed by atoms with E-state index in [0.717, 1.165) is 12.8 Å². The van der Waals surface area contributed by atoms with E-state index in [1.165, 1.54) is 31.4 Å². The molecule has 188 valence electrons. The van der Waals surface area contributed by atoms with Crippen molar-refractivity contribution in [2.45, 2.75) is 32.1 Å². The molecule has 0 radical (unpaired) electrons. The van der Waals surface area contributed by atoms with Crippen LogP contribution in [0.4, 0.5) is 20.7 Å². The molecule has 1 saturated carbocycles. The molecule has 1 aliphatic heterocycles. The monoisotopic (exact) mass is 505 g/mol. The molecule has 12 heteroatoms. The zero-order chi connectivity index (χ0) is 24.8. The number of nitrogens with zero attached hydrogens (tertiary/aromatic N) is 3. The number of hydrazine groups is 1. The van der Waals surface area contributed by atoms with E-state index in [9.17, 15) is 9.18 Å². The van der Waals surface area contributed by atoms with Crippen LogP contribution in [0.15, 0.2) is 18.2 Å². The van der Waals surface area contributed by atoms with E-state index in [1.807, 2.05) is 10.3 Å². The van der Waals surface area contributed by atoms with E-state index in [-0.39, 0.29) is 10.8 Å². The van der Waals surface area contributed by atoms with Gasteiger partial charge in [0.05, 0.1) is 13.2 Å². The number of hydrogen-bond donors (Lipinski definition) is 5. The Morgan fingerprint density at radius 2 is 1.94 bits per heavy atom. The van der Waals surface area contributed by atoms with Gasteiger partial charge in [-0.05, 0) is 37.0 Å². The Kier molecular flexibility index (Phi) is 8.32. The lowest BCUT2D eigenvalue weighted by Crippen LogP contribution is -2.41. The van der Waals surface area contributed by atoms with E-state index in [0.29, 0.717) is 61.5 Å². The highest BCUT2D eigenvalue weighted by Crippen LogP contribution is 2.35. The Balaban J connectivity index is 1.78. The third-order valence-electron chi connectivity index (χ3n) is 6.07. The summed E-state index contributed by atoms with van der Waals surface area (Å²) >= 11 is 6.14. The molecule has 2 aliphatic rings. The summed E-state index contributed by atoms with van der Waals surface area (Å²) in [5.41, 5.74) is 4.51. The van der Waals surface area contributed by atoms with Crippen LogP contribution >= 0.6 is 11.6 Å². The van der Waals surface area contributed by atoms with Gasteiger partial charge in [0, 0.05) is 30.2 Å². The summed E-state index contributed by atoms with van der Waals surface area (Å²) in [7, 11) is 0. The maximum atomic E-state index is 14.3. The fraction of sp³-hybridized carbons (Fsp3) is 0.478. The van der Waals surface area contributed by atoms with Crippen LogP contribution in [0.25, 0.3) is 11.3 Å².